The number of benzene rings is 1. The number of thiazole rings is 1. The number of nitro groups is 1. The Kier molecular flexibility index (Phi) is 5.88. The number of carbonyl (C=O) groups is 1. The van der Waals surface area contributed by atoms with Crippen molar-refractivity contribution in [1.82, 2.24) is 19.5 Å². The van der Waals surface area contributed by atoms with Crippen molar-refractivity contribution in [2.45, 2.75) is 32.7 Å². The molecule has 1 aliphatic heterocycles. The van der Waals surface area contributed by atoms with E-state index in [2.05, 4.69) is 15.0 Å². The van der Waals surface area contributed by atoms with Crippen LogP contribution in [-0.2, 0) is 9.53 Å². The topological polar surface area (TPSA) is 123 Å². The van der Waals surface area contributed by atoms with Crippen LogP contribution in [0.1, 0.15) is 42.1 Å². The average molecular weight is 446 g/mol. The summed E-state index contributed by atoms with van der Waals surface area (Å²) in [6.45, 7) is 5.16. The minimum absolute atomic E-state index is 0.00557. The Labute approximate surface area is 182 Å². The van der Waals surface area contributed by atoms with E-state index < -0.39 is 4.92 Å². The van der Waals surface area contributed by atoms with E-state index in [1.54, 1.807) is 26.0 Å². The van der Waals surface area contributed by atoms with Crippen LogP contribution in [0.15, 0.2) is 24.3 Å². The number of hydrogen-bond donors (Lipinski definition) is 1. The van der Waals surface area contributed by atoms with Gasteiger partial charge in [0, 0.05) is 12.1 Å². The van der Waals surface area contributed by atoms with Crippen molar-refractivity contribution in [1.29, 1.82) is 0 Å². The summed E-state index contributed by atoms with van der Waals surface area (Å²) >= 11 is 1.34. The normalized spacial score (nSPS) is 16.5. The standard InChI is InChI=1S/C20H23N5O5S/c1-3-30-19(27)14-8-10-23(11-9-14)16(13-4-6-15(7-5-13)25(28)29)17-18(26)24-20(31-17)21-12(2)22-24/h4-7,14,16,26H,3,8-11H2,1-2H3. The number of carbonyl (C=O) groups excluding carboxylic acids is 1. The number of ether oxygens (including phenoxy) is 1. The van der Waals surface area contributed by atoms with Crippen molar-refractivity contribution in [3.05, 3.63) is 50.6 Å². The molecule has 0 radical (unpaired) electrons. The van der Waals surface area contributed by atoms with Gasteiger partial charge in [-0.25, -0.2) is 4.98 Å². The lowest BCUT2D eigenvalue weighted by molar-refractivity contribution is -0.384. The van der Waals surface area contributed by atoms with Crippen molar-refractivity contribution in [3.8, 4) is 5.88 Å². The van der Waals surface area contributed by atoms with Gasteiger partial charge in [-0.2, -0.15) is 4.52 Å². The van der Waals surface area contributed by atoms with Crippen LogP contribution >= 0.6 is 11.3 Å². The number of fused-ring (bicyclic) bond motifs is 1. The minimum Gasteiger partial charge on any atom is -0.492 e. The molecular formula is C20H23N5O5S. The number of nitrogens with zero attached hydrogens (tertiary/aromatic N) is 5. The van der Waals surface area contributed by atoms with Crippen molar-refractivity contribution >= 4 is 28.0 Å². The van der Waals surface area contributed by atoms with Crippen LogP contribution in [0.4, 0.5) is 5.69 Å². The van der Waals surface area contributed by atoms with Crippen LogP contribution < -0.4 is 0 Å². The molecule has 0 saturated carbocycles. The number of non-ortho nitro benzene ring substituents is 1. The molecule has 11 heteroatoms. The van der Waals surface area contributed by atoms with Gasteiger partial charge in [0.2, 0.25) is 10.8 Å². The molecule has 1 saturated heterocycles. The number of aryl methyl sites for hydroxylation is 1. The van der Waals surface area contributed by atoms with E-state index in [-0.39, 0.29) is 29.5 Å². The van der Waals surface area contributed by atoms with Gasteiger partial charge >= 0.3 is 5.97 Å². The molecule has 31 heavy (non-hydrogen) atoms. The van der Waals surface area contributed by atoms with E-state index in [1.165, 1.54) is 28.0 Å². The smallest absolute Gasteiger partial charge is 0.309 e. The highest BCUT2D eigenvalue weighted by Crippen LogP contribution is 2.41. The zero-order valence-electron chi connectivity index (χ0n) is 17.2. The highest BCUT2D eigenvalue weighted by Gasteiger charge is 2.34. The lowest BCUT2D eigenvalue weighted by Crippen LogP contribution is -2.39. The highest BCUT2D eigenvalue weighted by atomic mass is 32.1. The number of hydrogen-bond acceptors (Lipinski definition) is 9. The molecular weight excluding hydrogens is 422 g/mol. The molecule has 0 spiro atoms. The number of aromatic hydroxyl groups is 1. The maximum Gasteiger partial charge on any atom is 0.309 e. The number of aromatic nitrogens is 3. The highest BCUT2D eigenvalue weighted by molar-refractivity contribution is 7.17. The van der Waals surface area contributed by atoms with Crippen LogP contribution in [0.25, 0.3) is 4.96 Å². The molecule has 0 aliphatic carbocycles. The third-order valence-electron chi connectivity index (χ3n) is 5.49. The Balaban J connectivity index is 1.68. The Bertz CT molecular complexity index is 1100. The van der Waals surface area contributed by atoms with E-state index in [0.29, 0.717) is 48.2 Å². The van der Waals surface area contributed by atoms with E-state index in [9.17, 15) is 20.0 Å². The lowest BCUT2D eigenvalue weighted by atomic mass is 9.93. The summed E-state index contributed by atoms with van der Waals surface area (Å²) < 4.78 is 6.58. The molecule has 1 N–H and O–H groups in total. The van der Waals surface area contributed by atoms with E-state index in [4.69, 9.17) is 4.74 Å². The summed E-state index contributed by atoms with van der Waals surface area (Å²) in [5.41, 5.74) is 0.822. The van der Waals surface area contributed by atoms with Gasteiger partial charge in [0.25, 0.3) is 5.69 Å². The second-order valence-corrected chi connectivity index (χ2v) is 8.47. The van der Waals surface area contributed by atoms with Gasteiger partial charge in [-0.15, -0.1) is 5.10 Å². The quantitative estimate of drug-likeness (QED) is 0.349. The molecule has 0 amide bonds. The lowest BCUT2D eigenvalue weighted by Gasteiger charge is -2.36. The molecule has 10 nitrogen and oxygen atoms in total. The molecule has 4 rings (SSSR count). The Hall–Kier alpha value is -3.05. The van der Waals surface area contributed by atoms with Crippen LogP contribution in [0.2, 0.25) is 0 Å². The second-order valence-electron chi connectivity index (χ2n) is 7.46. The Morgan fingerprint density at radius 3 is 2.61 bits per heavy atom. The van der Waals surface area contributed by atoms with Crippen molar-refractivity contribution in [3.63, 3.8) is 0 Å². The molecule has 1 aliphatic rings. The van der Waals surface area contributed by atoms with Crippen LogP contribution in [0.5, 0.6) is 5.88 Å². The Morgan fingerprint density at radius 1 is 1.35 bits per heavy atom. The van der Waals surface area contributed by atoms with Gasteiger partial charge in [0.05, 0.1) is 28.4 Å². The summed E-state index contributed by atoms with van der Waals surface area (Å²) in [4.78, 5) is 30.5. The van der Waals surface area contributed by atoms with Gasteiger partial charge < -0.3 is 9.84 Å². The average Bonchev–Trinajstić information content (AvgIpc) is 3.26. The second kappa shape index (κ2) is 8.60. The SMILES string of the molecule is CCOC(=O)C1CCN(C(c2ccc([N+](=O)[O-])cc2)c2sc3nc(C)nn3c2O)CC1. The third-order valence-corrected chi connectivity index (χ3v) is 6.56. The number of piperidine rings is 1. The first-order valence-corrected chi connectivity index (χ1v) is 10.9. The van der Waals surface area contributed by atoms with E-state index in [0.717, 1.165) is 5.56 Å². The number of likely N-dealkylation sites (tertiary alicyclic amines) is 1. The number of rotatable bonds is 6. The van der Waals surface area contributed by atoms with Gasteiger partial charge in [0.15, 0.2) is 0 Å². The fourth-order valence-corrected chi connectivity index (χ4v) is 5.15. The molecule has 3 aromatic rings. The molecule has 0 bridgehead atoms. The molecule has 1 fully saturated rings. The summed E-state index contributed by atoms with van der Waals surface area (Å²) in [6.07, 6.45) is 1.28. The van der Waals surface area contributed by atoms with Crippen LogP contribution in [0.3, 0.4) is 0 Å². The van der Waals surface area contributed by atoms with Gasteiger partial charge in [-0.1, -0.05) is 23.5 Å². The fraction of sp³-hybridized carbons (Fsp3) is 0.450. The van der Waals surface area contributed by atoms with Gasteiger partial charge in [0.1, 0.15) is 5.82 Å². The van der Waals surface area contributed by atoms with Crippen LogP contribution in [0, 0.1) is 23.0 Å². The van der Waals surface area contributed by atoms with E-state index >= 15 is 0 Å². The zero-order chi connectivity index (χ0) is 22.1. The first-order chi connectivity index (χ1) is 14.9. The predicted octanol–water partition coefficient (Wildman–Crippen LogP) is 3.08. The zero-order valence-corrected chi connectivity index (χ0v) is 18.0. The van der Waals surface area contributed by atoms with Crippen molar-refractivity contribution < 1.29 is 19.6 Å². The molecule has 1 aromatic carbocycles. The maximum atomic E-state index is 12.1. The monoisotopic (exact) mass is 445 g/mol. The van der Waals surface area contributed by atoms with E-state index in [1.807, 2.05) is 0 Å². The summed E-state index contributed by atoms with van der Waals surface area (Å²) in [6, 6.07) is 6.01. The third kappa shape index (κ3) is 4.10. The molecule has 164 valence electrons. The Morgan fingerprint density at radius 2 is 2.03 bits per heavy atom. The number of esters is 1. The largest absolute Gasteiger partial charge is 0.492 e. The molecule has 2 aromatic heterocycles. The first kappa shape index (κ1) is 21.2. The minimum atomic E-state index is -0.438. The predicted molar refractivity (Wildman–Crippen MR) is 113 cm³/mol. The fourth-order valence-electron chi connectivity index (χ4n) is 3.99. The number of nitro benzene ring substituents is 1. The van der Waals surface area contributed by atoms with Gasteiger partial charge in [-0.05, 0) is 45.3 Å². The summed E-state index contributed by atoms with van der Waals surface area (Å²) in [7, 11) is 0. The van der Waals surface area contributed by atoms with Crippen molar-refractivity contribution in [2.75, 3.05) is 19.7 Å². The summed E-state index contributed by atoms with van der Waals surface area (Å²) in [5, 5.41) is 26.2. The molecule has 1 unspecified atom stereocenters. The van der Waals surface area contributed by atoms with Crippen molar-refractivity contribution in [2.24, 2.45) is 5.92 Å². The van der Waals surface area contributed by atoms with Crippen LogP contribution in [-0.4, -0.2) is 55.2 Å². The summed E-state index contributed by atoms with van der Waals surface area (Å²) in [5.74, 6) is 0.255. The first-order valence-electron chi connectivity index (χ1n) is 10.1. The molecule has 3 heterocycles. The molecule has 1 atom stereocenters. The van der Waals surface area contributed by atoms with Gasteiger partial charge in [-0.3, -0.25) is 19.8 Å². The maximum absolute atomic E-state index is 12.1.